The Labute approximate surface area is 165 Å². The summed E-state index contributed by atoms with van der Waals surface area (Å²) >= 11 is 1.30. The fourth-order valence-electron chi connectivity index (χ4n) is 2.67. The summed E-state index contributed by atoms with van der Waals surface area (Å²) in [5, 5.41) is 5.19. The van der Waals surface area contributed by atoms with Gasteiger partial charge in [0.15, 0.2) is 0 Å². The third-order valence-electron chi connectivity index (χ3n) is 4.19. The molecule has 0 aliphatic heterocycles. The average molecular weight is 404 g/mol. The Kier molecular flexibility index (Phi) is 5.84. The lowest BCUT2D eigenvalue weighted by molar-refractivity contribution is -0.137. The van der Waals surface area contributed by atoms with E-state index >= 15 is 0 Å². The third kappa shape index (κ3) is 4.98. The minimum atomic E-state index is -4.36. The molecule has 1 aromatic heterocycles. The summed E-state index contributed by atoms with van der Waals surface area (Å²) in [7, 11) is 0. The molecule has 1 heterocycles. The second-order valence-electron chi connectivity index (χ2n) is 6.72. The van der Waals surface area contributed by atoms with Gasteiger partial charge in [-0.1, -0.05) is 38.1 Å². The first-order chi connectivity index (χ1) is 13.2. The van der Waals surface area contributed by atoms with Crippen LogP contribution < -0.4 is 5.32 Å². The standard InChI is InChI=1S/C21H19F3N2OS/c1-13(2)15-4-3-5-17(10-15)25-19(27)11-18-12-28-20(26-18)14-6-8-16(9-7-14)21(22,23)24/h3-10,12-13H,11H2,1-2H3,(H,25,27). The molecular formula is C21H19F3N2OS. The predicted molar refractivity (Wildman–Crippen MR) is 105 cm³/mol. The molecule has 28 heavy (non-hydrogen) atoms. The van der Waals surface area contributed by atoms with Gasteiger partial charge in [0.05, 0.1) is 17.7 Å². The number of hydrogen-bond acceptors (Lipinski definition) is 3. The van der Waals surface area contributed by atoms with E-state index in [2.05, 4.69) is 24.1 Å². The quantitative estimate of drug-likeness (QED) is 0.555. The Balaban J connectivity index is 1.66. The number of aromatic nitrogens is 1. The number of hydrogen-bond donors (Lipinski definition) is 1. The van der Waals surface area contributed by atoms with Crippen LogP contribution >= 0.6 is 11.3 Å². The van der Waals surface area contributed by atoms with E-state index in [0.29, 0.717) is 22.2 Å². The molecule has 0 bridgehead atoms. The van der Waals surface area contributed by atoms with E-state index in [0.717, 1.165) is 23.4 Å². The molecule has 0 radical (unpaired) electrons. The lowest BCUT2D eigenvalue weighted by Crippen LogP contribution is -2.14. The van der Waals surface area contributed by atoms with Crippen molar-refractivity contribution in [2.75, 3.05) is 5.32 Å². The molecule has 2 aromatic carbocycles. The maximum Gasteiger partial charge on any atom is 0.416 e. The normalized spacial score (nSPS) is 11.6. The number of benzene rings is 2. The number of anilines is 1. The Hall–Kier alpha value is -2.67. The lowest BCUT2D eigenvalue weighted by Gasteiger charge is -2.09. The summed E-state index contributed by atoms with van der Waals surface area (Å²) in [6, 6.07) is 12.5. The second-order valence-corrected chi connectivity index (χ2v) is 7.58. The zero-order valence-corrected chi connectivity index (χ0v) is 16.2. The number of thiazole rings is 1. The molecule has 0 saturated carbocycles. The molecule has 0 spiro atoms. The number of carbonyl (C=O) groups excluding carboxylic acids is 1. The molecule has 0 unspecified atom stereocenters. The first-order valence-electron chi connectivity index (χ1n) is 8.74. The van der Waals surface area contributed by atoms with Crippen LogP contribution in [0.2, 0.25) is 0 Å². The molecule has 0 fully saturated rings. The van der Waals surface area contributed by atoms with Crippen LogP contribution in [0.25, 0.3) is 10.6 Å². The maximum atomic E-state index is 12.7. The van der Waals surface area contributed by atoms with Gasteiger partial charge in [-0.25, -0.2) is 4.98 Å². The third-order valence-corrected chi connectivity index (χ3v) is 5.13. The highest BCUT2D eigenvalue weighted by atomic mass is 32.1. The Morgan fingerprint density at radius 2 is 1.86 bits per heavy atom. The van der Waals surface area contributed by atoms with Crippen LogP contribution in [0.4, 0.5) is 18.9 Å². The Bertz CT molecular complexity index is 962. The molecule has 0 saturated heterocycles. The SMILES string of the molecule is CC(C)c1cccc(NC(=O)Cc2csc(-c3ccc(C(F)(F)F)cc3)n2)c1. The van der Waals surface area contributed by atoms with Gasteiger partial charge in [0.2, 0.25) is 5.91 Å². The number of nitrogens with one attached hydrogen (secondary N) is 1. The molecule has 0 atom stereocenters. The van der Waals surface area contributed by atoms with Crippen LogP contribution in [0.5, 0.6) is 0 Å². The van der Waals surface area contributed by atoms with Gasteiger partial charge in [-0.2, -0.15) is 13.2 Å². The van der Waals surface area contributed by atoms with Crippen molar-refractivity contribution in [2.45, 2.75) is 32.4 Å². The van der Waals surface area contributed by atoms with Gasteiger partial charge >= 0.3 is 6.18 Å². The zero-order chi connectivity index (χ0) is 20.3. The first-order valence-corrected chi connectivity index (χ1v) is 9.62. The summed E-state index contributed by atoms with van der Waals surface area (Å²) in [6.07, 6.45) is -4.26. The van der Waals surface area contributed by atoms with Gasteiger partial charge in [-0.15, -0.1) is 11.3 Å². The fraction of sp³-hybridized carbons (Fsp3) is 0.238. The Morgan fingerprint density at radius 3 is 2.50 bits per heavy atom. The zero-order valence-electron chi connectivity index (χ0n) is 15.4. The van der Waals surface area contributed by atoms with Crippen LogP contribution in [0.1, 0.15) is 36.6 Å². The summed E-state index contributed by atoms with van der Waals surface area (Å²) in [5.74, 6) is 0.173. The molecule has 7 heteroatoms. The van der Waals surface area contributed by atoms with Gasteiger partial charge in [-0.05, 0) is 35.7 Å². The van der Waals surface area contributed by atoms with Crippen LogP contribution in [0, 0.1) is 0 Å². The molecule has 1 amide bonds. The van der Waals surface area contributed by atoms with Crippen molar-refractivity contribution >= 4 is 22.9 Å². The van der Waals surface area contributed by atoms with Crippen LogP contribution in [-0.2, 0) is 17.4 Å². The minimum Gasteiger partial charge on any atom is -0.326 e. The maximum absolute atomic E-state index is 12.7. The number of nitrogens with zero attached hydrogens (tertiary/aromatic N) is 1. The van der Waals surface area contributed by atoms with Crippen molar-refractivity contribution in [3.63, 3.8) is 0 Å². The van der Waals surface area contributed by atoms with Gasteiger partial charge < -0.3 is 5.32 Å². The highest BCUT2D eigenvalue weighted by Gasteiger charge is 2.30. The molecule has 146 valence electrons. The van der Waals surface area contributed by atoms with Crippen molar-refractivity contribution in [2.24, 2.45) is 0 Å². The van der Waals surface area contributed by atoms with Crippen LogP contribution in [-0.4, -0.2) is 10.9 Å². The molecule has 3 nitrogen and oxygen atoms in total. The van der Waals surface area contributed by atoms with E-state index in [4.69, 9.17) is 0 Å². The monoisotopic (exact) mass is 404 g/mol. The van der Waals surface area contributed by atoms with Crippen LogP contribution in [0.15, 0.2) is 53.9 Å². The first kappa shape index (κ1) is 20.1. The van der Waals surface area contributed by atoms with E-state index in [9.17, 15) is 18.0 Å². The van der Waals surface area contributed by atoms with E-state index in [1.54, 1.807) is 5.38 Å². The fourth-order valence-corrected chi connectivity index (χ4v) is 3.49. The van der Waals surface area contributed by atoms with E-state index in [1.807, 2.05) is 24.3 Å². The number of rotatable bonds is 5. The summed E-state index contributed by atoms with van der Waals surface area (Å²) < 4.78 is 38.0. The smallest absolute Gasteiger partial charge is 0.326 e. The number of alkyl halides is 3. The largest absolute Gasteiger partial charge is 0.416 e. The molecular weight excluding hydrogens is 385 g/mol. The highest BCUT2D eigenvalue weighted by Crippen LogP contribution is 2.31. The van der Waals surface area contributed by atoms with E-state index < -0.39 is 11.7 Å². The van der Waals surface area contributed by atoms with Gasteiger partial charge in [0.1, 0.15) is 5.01 Å². The van der Waals surface area contributed by atoms with Crippen molar-refractivity contribution in [3.8, 4) is 10.6 Å². The number of halogens is 3. The Morgan fingerprint density at radius 1 is 1.14 bits per heavy atom. The van der Waals surface area contributed by atoms with Gasteiger partial charge in [0.25, 0.3) is 0 Å². The van der Waals surface area contributed by atoms with Gasteiger partial charge in [0, 0.05) is 16.6 Å². The van der Waals surface area contributed by atoms with E-state index in [-0.39, 0.29) is 12.3 Å². The van der Waals surface area contributed by atoms with Crippen LogP contribution in [0.3, 0.4) is 0 Å². The summed E-state index contributed by atoms with van der Waals surface area (Å²) in [5.41, 5.74) is 2.34. The van der Waals surface area contributed by atoms with Crippen molar-refractivity contribution in [1.29, 1.82) is 0 Å². The van der Waals surface area contributed by atoms with Gasteiger partial charge in [-0.3, -0.25) is 4.79 Å². The minimum absolute atomic E-state index is 0.100. The molecule has 3 aromatic rings. The van der Waals surface area contributed by atoms with Crippen molar-refractivity contribution < 1.29 is 18.0 Å². The molecule has 0 aliphatic carbocycles. The molecule has 0 aliphatic rings. The topological polar surface area (TPSA) is 42.0 Å². The average Bonchev–Trinajstić information content (AvgIpc) is 3.09. The number of carbonyl (C=O) groups is 1. The van der Waals surface area contributed by atoms with E-state index in [1.165, 1.54) is 23.5 Å². The summed E-state index contributed by atoms with van der Waals surface area (Å²) in [6.45, 7) is 4.16. The van der Waals surface area contributed by atoms with Crippen molar-refractivity contribution in [1.82, 2.24) is 4.98 Å². The number of amides is 1. The summed E-state index contributed by atoms with van der Waals surface area (Å²) in [4.78, 5) is 16.7. The predicted octanol–water partition coefficient (Wildman–Crippen LogP) is 6.13. The second kappa shape index (κ2) is 8.14. The molecule has 3 rings (SSSR count). The van der Waals surface area contributed by atoms with Crippen molar-refractivity contribution in [3.05, 3.63) is 70.7 Å². The highest BCUT2D eigenvalue weighted by molar-refractivity contribution is 7.13. The molecule has 1 N–H and O–H groups in total. The lowest BCUT2D eigenvalue weighted by atomic mass is 10.0.